The van der Waals surface area contributed by atoms with Gasteiger partial charge in [0.25, 0.3) is 0 Å². The van der Waals surface area contributed by atoms with E-state index in [2.05, 4.69) is 6.07 Å². The maximum Gasteiger partial charge on any atom is 0.0406 e. The number of benzene rings is 2. The van der Waals surface area contributed by atoms with Gasteiger partial charge in [-0.2, -0.15) is 0 Å². The standard InChI is InChI=1S/C13H11ClN/c14-12-7-5-10(6-8-12)13-4-2-1-3-11(13)9-15/h1,3-8H,9,15H2. The van der Waals surface area contributed by atoms with E-state index in [-0.39, 0.29) is 0 Å². The van der Waals surface area contributed by atoms with Crippen LogP contribution in [0.4, 0.5) is 0 Å². The highest BCUT2D eigenvalue weighted by Gasteiger charge is 2.02. The van der Waals surface area contributed by atoms with Crippen molar-refractivity contribution in [3.63, 3.8) is 0 Å². The second-order valence-corrected chi connectivity index (χ2v) is 3.73. The molecule has 1 radical (unpaired) electrons. The molecule has 0 spiro atoms. The number of rotatable bonds is 2. The average Bonchev–Trinajstić information content (AvgIpc) is 2.30. The molecule has 2 heteroatoms. The van der Waals surface area contributed by atoms with Gasteiger partial charge in [-0.05, 0) is 41.0 Å². The first-order valence-electron chi connectivity index (χ1n) is 4.76. The second-order valence-electron chi connectivity index (χ2n) is 3.29. The summed E-state index contributed by atoms with van der Waals surface area (Å²) in [5, 5.41) is 0.743. The van der Waals surface area contributed by atoms with Crippen molar-refractivity contribution >= 4 is 11.6 Å². The molecular weight excluding hydrogens is 206 g/mol. The molecule has 2 aromatic rings. The smallest absolute Gasteiger partial charge is 0.0406 e. The Balaban J connectivity index is 2.49. The summed E-state index contributed by atoms with van der Waals surface area (Å²) in [6.45, 7) is 0.534. The van der Waals surface area contributed by atoms with E-state index in [9.17, 15) is 0 Å². The molecule has 0 heterocycles. The molecule has 0 bridgehead atoms. The zero-order valence-corrected chi connectivity index (χ0v) is 8.96. The Hall–Kier alpha value is -1.31. The van der Waals surface area contributed by atoms with E-state index >= 15 is 0 Å². The van der Waals surface area contributed by atoms with Gasteiger partial charge in [-0.1, -0.05) is 35.9 Å². The van der Waals surface area contributed by atoms with Gasteiger partial charge >= 0.3 is 0 Å². The van der Waals surface area contributed by atoms with Gasteiger partial charge in [0.05, 0.1) is 0 Å². The lowest BCUT2D eigenvalue weighted by Gasteiger charge is -2.07. The van der Waals surface area contributed by atoms with E-state index in [4.69, 9.17) is 17.3 Å². The summed E-state index contributed by atoms with van der Waals surface area (Å²) in [6, 6.07) is 16.6. The lowest BCUT2D eigenvalue weighted by Crippen LogP contribution is -1.98. The summed E-state index contributed by atoms with van der Waals surface area (Å²) in [6.07, 6.45) is 0. The first-order valence-corrected chi connectivity index (χ1v) is 5.14. The lowest BCUT2D eigenvalue weighted by molar-refractivity contribution is 1.07. The normalized spacial score (nSPS) is 10.3. The van der Waals surface area contributed by atoms with Crippen molar-refractivity contribution in [3.05, 3.63) is 59.1 Å². The first-order chi connectivity index (χ1) is 7.31. The maximum atomic E-state index is 5.84. The molecule has 75 valence electrons. The molecule has 0 saturated carbocycles. The molecular formula is C13H11ClN. The molecule has 0 aliphatic carbocycles. The Kier molecular flexibility index (Phi) is 3.05. The van der Waals surface area contributed by atoms with E-state index in [0.717, 1.165) is 21.7 Å². The quantitative estimate of drug-likeness (QED) is 0.820. The van der Waals surface area contributed by atoms with Crippen molar-refractivity contribution in [1.82, 2.24) is 0 Å². The van der Waals surface area contributed by atoms with Crippen LogP contribution < -0.4 is 5.73 Å². The highest BCUT2D eigenvalue weighted by Crippen LogP contribution is 2.24. The van der Waals surface area contributed by atoms with Crippen LogP contribution >= 0.6 is 11.6 Å². The van der Waals surface area contributed by atoms with Gasteiger partial charge in [0.2, 0.25) is 0 Å². The molecule has 2 N–H and O–H groups in total. The molecule has 0 unspecified atom stereocenters. The SMILES string of the molecule is NCc1cc[c]cc1-c1ccc(Cl)cc1. The lowest BCUT2D eigenvalue weighted by atomic mass is 10.00. The van der Waals surface area contributed by atoms with Crippen molar-refractivity contribution in [2.24, 2.45) is 5.73 Å². The minimum atomic E-state index is 0.534. The van der Waals surface area contributed by atoms with Gasteiger partial charge < -0.3 is 5.73 Å². The molecule has 0 amide bonds. The summed E-state index contributed by atoms with van der Waals surface area (Å²) in [4.78, 5) is 0. The first kappa shape index (κ1) is 10.2. The average molecular weight is 217 g/mol. The topological polar surface area (TPSA) is 26.0 Å². The molecule has 15 heavy (non-hydrogen) atoms. The van der Waals surface area contributed by atoms with Crippen LogP contribution in [-0.2, 0) is 6.54 Å². The van der Waals surface area contributed by atoms with Crippen LogP contribution in [0.2, 0.25) is 5.02 Å². The predicted octanol–water partition coefficient (Wildman–Crippen LogP) is 3.27. The van der Waals surface area contributed by atoms with Crippen molar-refractivity contribution in [3.8, 4) is 11.1 Å². The zero-order valence-electron chi connectivity index (χ0n) is 8.20. The summed E-state index contributed by atoms with van der Waals surface area (Å²) >= 11 is 5.84. The van der Waals surface area contributed by atoms with Crippen LogP contribution in [0.25, 0.3) is 11.1 Å². The summed E-state index contributed by atoms with van der Waals surface area (Å²) < 4.78 is 0. The van der Waals surface area contributed by atoms with Crippen LogP contribution in [-0.4, -0.2) is 0 Å². The van der Waals surface area contributed by atoms with Gasteiger partial charge in [0, 0.05) is 11.6 Å². The van der Waals surface area contributed by atoms with Crippen molar-refractivity contribution in [2.75, 3.05) is 0 Å². The van der Waals surface area contributed by atoms with E-state index in [0.29, 0.717) is 6.54 Å². The minimum absolute atomic E-state index is 0.534. The van der Waals surface area contributed by atoms with E-state index in [1.54, 1.807) is 0 Å². The van der Waals surface area contributed by atoms with E-state index in [1.165, 1.54) is 0 Å². The van der Waals surface area contributed by atoms with Crippen molar-refractivity contribution in [2.45, 2.75) is 6.54 Å². The van der Waals surface area contributed by atoms with Crippen LogP contribution in [0.3, 0.4) is 0 Å². The van der Waals surface area contributed by atoms with Crippen LogP contribution in [0, 0.1) is 6.07 Å². The summed E-state index contributed by atoms with van der Waals surface area (Å²) in [5.41, 5.74) is 9.04. The van der Waals surface area contributed by atoms with Gasteiger partial charge in [-0.15, -0.1) is 0 Å². The monoisotopic (exact) mass is 216 g/mol. The number of halogens is 1. The van der Waals surface area contributed by atoms with E-state index < -0.39 is 0 Å². The molecule has 1 nitrogen and oxygen atoms in total. The molecule has 0 atom stereocenters. The Labute approximate surface area is 94.5 Å². The highest BCUT2D eigenvalue weighted by atomic mass is 35.5. The van der Waals surface area contributed by atoms with Gasteiger partial charge in [-0.25, -0.2) is 0 Å². The second kappa shape index (κ2) is 4.47. The Bertz CT molecular complexity index is 448. The maximum absolute atomic E-state index is 5.84. The molecule has 0 aliphatic heterocycles. The molecule has 0 fully saturated rings. The van der Waals surface area contributed by atoms with Gasteiger partial charge in [0.15, 0.2) is 0 Å². The van der Waals surface area contributed by atoms with Crippen molar-refractivity contribution in [1.29, 1.82) is 0 Å². The minimum Gasteiger partial charge on any atom is -0.326 e. The Morgan fingerprint density at radius 2 is 1.87 bits per heavy atom. The predicted molar refractivity (Wildman–Crippen MR) is 63.6 cm³/mol. The van der Waals surface area contributed by atoms with Gasteiger partial charge in [-0.3, -0.25) is 0 Å². The summed E-state index contributed by atoms with van der Waals surface area (Å²) in [5.74, 6) is 0. The highest BCUT2D eigenvalue weighted by molar-refractivity contribution is 6.30. The van der Waals surface area contributed by atoms with Crippen LogP contribution in [0.1, 0.15) is 5.56 Å². The number of hydrogen-bond donors (Lipinski definition) is 1. The molecule has 2 aromatic carbocycles. The van der Waals surface area contributed by atoms with Crippen LogP contribution in [0.5, 0.6) is 0 Å². The molecule has 0 saturated heterocycles. The largest absolute Gasteiger partial charge is 0.326 e. The third-order valence-corrected chi connectivity index (χ3v) is 2.58. The third kappa shape index (κ3) is 2.20. The van der Waals surface area contributed by atoms with Gasteiger partial charge in [0.1, 0.15) is 0 Å². The number of hydrogen-bond acceptors (Lipinski definition) is 1. The Morgan fingerprint density at radius 3 is 2.53 bits per heavy atom. The Morgan fingerprint density at radius 1 is 1.13 bits per heavy atom. The molecule has 0 aliphatic rings. The molecule has 0 aromatic heterocycles. The van der Waals surface area contributed by atoms with E-state index in [1.807, 2.05) is 42.5 Å². The summed E-state index contributed by atoms with van der Waals surface area (Å²) in [7, 11) is 0. The molecule has 2 rings (SSSR count). The fraction of sp³-hybridized carbons (Fsp3) is 0.0769. The fourth-order valence-electron chi connectivity index (χ4n) is 1.54. The number of nitrogens with two attached hydrogens (primary N) is 1. The fourth-order valence-corrected chi connectivity index (χ4v) is 1.66. The zero-order chi connectivity index (χ0) is 10.7. The third-order valence-electron chi connectivity index (χ3n) is 2.33. The van der Waals surface area contributed by atoms with Crippen molar-refractivity contribution < 1.29 is 0 Å². The van der Waals surface area contributed by atoms with Crippen LogP contribution in [0.15, 0.2) is 42.5 Å².